The van der Waals surface area contributed by atoms with Crippen molar-refractivity contribution in [2.45, 2.75) is 23.7 Å². The van der Waals surface area contributed by atoms with Gasteiger partial charge in [0.15, 0.2) is 5.44 Å². The van der Waals surface area contributed by atoms with Crippen molar-refractivity contribution in [2.24, 2.45) is 0 Å². The van der Waals surface area contributed by atoms with E-state index in [-0.39, 0.29) is 5.75 Å². The third-order valence-corrected chi connectivity index (χ3v) is 5.44. The normalized spacial score (nSPS) is 26.3. The number of methoxy groups -OCH3 is 1. The van der Waals surface area contributed by atoms with Crippen molar-refractivity contribution in [3.63, 3.8) is 0 Å². The van der Waals surface area contributed by atoms with Crippen LogP contribution < -0.4 is 9.47 Å². The summed E-state index contributed by atoms with van der Waals surface area (Å²) in [7, 11) is 1.55. The summed E-state index contributed by atoms with van der Waals surface area (Å²) in [6, 6.07) is 7.17. The molecule has 25 heavy (non-hydrogen) atoms. The lowest BCUT2D eigenvalue weighted by atomic mass is 10.1. The van der Waals surface area contributed by atoms with Gasteiger partial charge in [0.2, 0.25) is 0 Å². The molecule has 0 spiro atoms. The topological polar surface area (TPSA) is 92.0 Å². The third kappa shape index (κ3) is 4.02. The van der Waals surface area contributed by atoms with Crippen LogP contribution in [0, 0.1) is 0 Å². The fourth-order valence-corrected chi connectivity index (χ4v) is 3.88. The number of benzene rings is 1. The monoisotopic (exact) mass is 383 g/mol. The van der Waals surface area contributed by atoms with Crippen molar-refractivity contribution in [3.05, 3.63) is 41.7 Å². The number of thioether (sulfide) groups is 1. The molecule has 0 aliphatic carbocycles. The highest BCUT2D eigenvalue weighted by Crippen LogP contribution is 2.33. The van der Waals surface area contributed by atoms with Crippen LogP contribution in [-0.2, 0) is 0 Å². The molecule has 134 valence electrons. The predicted octanol–water partition coefficient (Wildman–Crippen LogP) is 1.94. The van der Waals surface area contributed by atoms with Crippen molar-refractivity contribution in [1.29, 1.82) is 0 Å². The van der Waals surface area contributed by atoms with Gasteiger partial charge in [0.25, 0.3) is 0 Å². The van der Waals surface area contributed by atoms with Crippen molar-refractivity contribution in [2.75, 3.05) is 12.9 Å². The Morgan fingerprint density at radius 1 is 1.12 bits per heavy atom. The lowest BCUT2D eigenvalue weighted by molar-refractivity contribution is -0.0786. The first-order valence-corrected chi connectivity index (χ1v) is 9.03. The zero-order valence-electron chi connectivity index (χ0n) is 13.4. The second-order valence-corrected chi connectivity index (χ2v) is 7.17. The average molecular weight is 384 g/mol. The van der Waals surface area contributed by atoms with Gasteiger partial charge in [-0.25, -0.2) is 0 Å². The summed E-state index contributed by atoms with van der Waals surface area (Å²) in [4.78, 5) is 4.16. The number of aliphatic hydroxyl groups excluding tert-OH is 3. The van der Waals surface area contributed by atoms with Crippen LogP contribution in [0.25, 0.3) is 11.1 Å². The minimum Gasteiger partial charge on any atom is -0.495 e. The Labute approximate surface area is 154 Å². The van der Waals surface area contributed by atoms with E-state index in [9.17, 15) is 15.3 Å². The van der Waals surface area contributed by atoms with Gasteiger partial charge in [-0.3, -0.25) is 4.98 Å². The molecule has 3 N–H and O–H groups in total. The minimum absolute atomic E-state index is 0.282. The molecule has 8 heteroatoms. The second-order valence-electron chi connectivity index (χ2n) is 5.63. The molecule has 2 heterocycles. The van der Waals surface area contributed by atoms with E-state index in [2.05, 4.69) is 4.98 Å². The SMILES string of the molecule is COc1ccc(-c2cncc(O[C@H]3SC[C@@H](O)[C@H](O)[C@H]3O)c2)cc1Cl. The number of nitrogens with zero attached hydrogens (tertiary/aromatic N) is 1. The molecule has 0 unspecified atom stereocenters. The van der Waals surface area contributed by atoms with Crippen LogP contribution in [0.15, 0.2) is 36.7 Å². The Kier molecular flexibility index (Phi) is 5.71. The summed E-state index contributed by atoms with van der Waals surface area (Å²) in [5, 5.41) is 29.9. The van der Waals surface area contributed by atoms with Gasteiger partial charge in [0.1, 0.15) is 23.7 Å². The molecular formula is C17H18ClNO5S. The molecule has 3 rings (SSSR count). The molecule has 0 saturated carbocycles. The van der Waals surface area contributed by atoms with Gasteiger partial charge in [0.05, 0.1) is 24.4 Å². The molecule has 1 fully saturated rings. The second kappa shape index (κ2) is 7.80. The molecule has 1 aliphatic heterocycles. The Hall–Kier alpha value is -1.51. The quantitative estimate of drug-likeness (QED) is 0.743. The van der Waals surface area contributed by atoms with Crippen molar-refractivity contribution >= 4 is 23.4 Å². The molecule has 1 saturated heterocycles. The van der Waals surface area contributed by atoms with Crippen LogP contribution in [0.1, 0.15) is 0 Å². The number of rotatable bonds is 4. The van der Waals surface area contributed by atoms with E-state index in [4.69, 9.17) is 21.1 Å². The van der Waals surface area contributed by atoms with E-state index in [1.807, 2.05) is 6.07 Å². The number of pyridine rings is 1. The van der Waals surface area contributed by atoms with E-state index in [0.29, 0.717) is 16.5 Å². The van der Waals surface area contributed by atoms with E-state index in [1.165, 1.54) is 18.0 Å². The van der Waals surface area contributed by atoms with Gasteiger partial charge in [-0.05, 0) is 23.8 Å². The zero-order chi connectivity index (χ0) is 18.0. The molecule has 1 aromatic carbocycles. The highest BCUT2D eigenvalue weighted by atomic mass is 35.5. The summed E-state index contributed by atoms with van der Waals surface area (Å²) in [6.45, 7) is 0. The maximum atomic E-state index is 10.0. The molecule has 0 bridgehead atoms. The smallest absolute Gasteiger partial charge is 0.173 e. The van der Waals surface area contributed by atoms with E-state index >= 15 is 0 Å². The highest BCUT2D eigenvalue weighted by molar-refractivity contribution is 7.99. The molecule has 1 aliphatic rings. The van der Waals surface area contributed by atoms with Gasteiger partial charge >= 0.3 is 0 Å². The molecule has 0 amide bonds. The van der Waals surface area contributed by atoms with Gasteiger partial charge in [-0.2, -0.15) is 0 Å². The molecule has 1 aromatic heterocycles. The molecule has 2 aromatic rings. The summed E-state index contributed by atoms with van der Waals surface area (Å²) in [5.41, 5.74) is 0.948. The van der Waals surface area contributed by atoms with Crippen LogP contribution in [0.4, 0.5) is 0 Å². The number of ether oxygens (including phenoxy) is 2. The van der Waals surface area contributed by atoms with Crippen LogP contribution in [0.2, 0.25) is 5.02 Å². The van der Waals surface area contributed by atoms with Gasteiger partial charge in [0, 0.05) is 17.5 Å². The number of hydrogen-bond acceptors (Lipinski definition) is 7. The number of hydrogen-bond donors (Lipinski definition) is 3. The Bertz CT molecular complexity index is 747. The van der Waals surface area contributed by atoms with Gasteiger partial charge in [-0.15, -0.1) is 11.8 Å². The van der Waals surface area contributed by atoms with Crippen molar-refractivity contribution in [3.8, 4) is 22.6 Å². The Balaban J connectivity index is 1.79. The first-order chi connectivity index (χ1) is 12.0. The van der Waals surface area contributed by atoms with E-state index in [0.717, 1.165) is 11.1 Å². The largest absolute Gasteiger partial charge is 0.495 e. The zero-order valence-corrected chi connectivity index (χ0v) is 14.9. The van der Waals surface area contributed by atoms with Crippen LogP contribution in [0.5, 0.6) is 11.5 Å². The standard InChI is InChI=1S/C17H18ClNO5S/c1-23-14-3-2-9(5-12(14)18)10-4-11(7-19-6-10)24-17-16(22)15(21)13(20)8-25-17/h2-7,13,15-17,20-22H,8H2,1H3/t13-,15+,16-,17+/m1/s1. The number of aromatic nitrogens is 1. The number of halogens is 1. The fraction of sp³-hybridized carbons (Fsp3) is 0.353. The summed E-state index contributed by atoms with van der Waals surface area (Å²) in [6.07, 6.45) is -0.186. The summed E-state index contributed by atoms with van der Waals surface area (Å²) >= 11 is 7.40. The summed E-state index contributed by atoms with van der Waals surface area (Å²) in [5.74, 6) is 1.31. The first-order valence-electron chi connectivity index (χ1n) is 7.61. The average Bonchev–Trinajstić information content (AvgIpc) is 2.62. The van der Waals surface area contributed by atoms with Crippen molar-refractivity contribution < 1.29 is 24.8 Å². The minimum atomic E-state index is -1.23. The van der Waals surface area contributed by atoms with E-state index in [1.54, 1.807) is 31.5 Å². The first kappa shape index (κ1) is 18.3. The molecule has 0 radical (unpaired) electrons. The third-order valence-electron chi connectivity index (χ3n) is 3.90. The number of aliphatic hydroxyl groups is 3. The predicted molar refractivity (Wildman–Crippen MR) is 96.1 cm³/mol. The molecule has 6 nitrogen and oxygen atoms in total. The molecule has 4 atom stereocenters. The maximum absolute atomic E-state index is 10.0. The maximum Gasteiger partial charge on any atom is 0.173 e. The van der Waals surface area contributed by atoms with Crippen LogP contribution in [-0.4, -0.2) is 56.9 Å². The fourth-order valence-electron chi connectivity index (χ4n) is 2.50. The highest BCUT2D eigenvalue weighted by Gasteiger charge is 2.38. The van der Waals surface area contributed by atoms with Crippen LogP contribution >= 0.6 is 23.4 Å². The Morgan fingerprint density at radius 2 is 1.92 bits per heavy atom. The van der Waals surface area contributed by atoms with Gasteiger partial charge in [-0.1, -0.05) is 17.7 Å². The van der Waals surface area contributed by atoms with Crippen LogP contribution in [0.3, 0.4) is 0 Å². The van der Waals surface area contributed by atoms with E-state index < -0.39 is 23.7 Å². The summed E-state index contributed by atoms with van der Waals surface area (Å²) < 4.78 is 10.9. The van der Waals surface area contributed by atoms with Crippen molar-refractivity contribution in [1.82, 2.24) is 4.98 Å². The molecular weight excluding hydrogens is 366 g/mol. The lowest BCUT2D eigenvalue weighted by Gasteiger charge is -2.34. The Morgan fingerprint density at radius 3 is 2.64 bits per heavy atom. The lowest BCUT2D eigenvalue weighted by Crippen LogP contribution is -2.50. The van der Waals surface area contributed by atoms with Gasteiger partial charge < -0.3 is 24.8 Å².